The predicted molar refractivity (Wildman–Crippen MR) is 129 cm³/mol. The second-order valence-corrected chi connectivity index (χ2v) is 10.3. The van der Waals surface area contributed by atoms with Crippen molar-refractivity contribution < 1.29 is 18.7 Å². The fraction of sp³-hybridized carbons (Fsp3) is 0.593. The molecule has 3 aliphatic rings. The topological polar surface area (TPSA) is 76.6 Å². The summed E-state index contributed by atoms with van der Waals surface area (Å²) >= 11 is 0. The van der Waals surface area contributed by atoms with Crippen molar-refractivity contribution in [1.82, 2.24) is 20.2 Å². The van der Waals surface area contributed by atoms with Gasteiger partial charge in [-0.25, -0.2) is 19.2 Å². The van der Waals surface area contributed by atoms with E-state index >= 15 is 0 Å². The number of nitrogens with one attached hydrogen (secondary N) is 1. The van der Waals surface area contributed by atoms with E-state index in [9.17, 15) is 9.18 Å². The van der Waals surface area contributed by atoms with Crippen LogP contribution in [0.5, 0.6) is 0 Å². The molecular weight excluding hydrogens is 447 g/mol. The Morgan fingerprint density at radius 1 is 1.23 bits per heavy atom. The number of nitrogens with zero attached hydrogens (tertiary/aromatic N) is 3. The minimum atomic E-state index is -0.396. The Morgan fingerprint density at radius 3 is 2.71 bits per heavy atom. The van der Waals surface area contributed by atoms with Crippen molar-refractivity contribution in [2.45, 2.75) is 75.1 Å². The van der Waals surface area contributed by atoms with E-state index < -0.39 is 5.82 Å². The normalized spacial score (nSPS) is 31.7. The summed E-state index contributed by atoms with van der Waals surface area (Å²) in [6.07, 6.45) is 8.06. The summed E-state index contributed by atoms with van der Waals surface area (Å²) in [5.41, 5.74) is 1.29. The predicted octanol–water partition coefficient (Wildman–Crippen LogP) is 3.87. The molecule has 3 fully saturated rings. The lowest BCUT2D eigenvalue weighted by atomic mass is 9.86. The Labute approximate surface area is 206 Å². The number of halogens is 1. The van der Waals surface area contributed by atoms with E-state index in [0.29, 0.717) is 12.5 Å². The van der Waals surface area contributed by atoms with Crippen LogP contribution < -0.4 is 5.32 Å². The maximum Gasteiger partial charge on any atom is 0.410 e. The van der Waals surface area contributed by atoms with E-state index in [0.717, 1.165) is 50.9 Å². The standard InChI is InChI=1S/C27H35FN4O3/c1-18-12-23(29-11-9-19-6-4-3-5-7-19)24(32(18)26(33)34-2)17-35-22-8-10-27(14-20(27)13-22)25-30-15-21(28)16-31-25/h3-7,15-16,18,20,22-24,29H,8-14,17H2,1-2H3/t18-,20-,22+,23+,24+,27-/m1/s1. The molecule has 0 bridgehead atoms. The summed E-state index contributed by atoms with van der Waals surface area (Å²) in [7, 11) is 1.44. The Bertz CT molecular complexity index is 1010. The molecule has 2 aromatic rings. The summed E-state index contributed by atoms with van der Waals surface area (Å²) in [6, 6.07) is 10.6. The molecule has 1 N–H and O–H groups in total. The van der Waals surface area contributed by atoms with Crippen LogP contribution in [0, 0.1) is 11.7 Å². The average Bonchev–Trinajstić information content (AvgIpc) is 3.53. The van der Waals surface area contributed by atoms with E-state index in [4.69, 9.17) is 9.47 Å². The number of benzene rings is 1. The number of ether oxygens (including phenoxy) is 2. The zero-order valence-corrected chi connectivity index (χ0v) is 20.5. The summed E-state index contributed by atoms with van der Waals surface area (Å²) < 4.78 is 24.8. The summed E-state index contributed by atoms with van der Waals surface area (Å²) in [5.74, 6) is 0.851. The van der Waals surface area contributed by atoms with Gasteiger partial charge in [-0.05, 0) is 63.5 Å². The van der Waals surface area contributed by atoms with Gasteiger partial charge in [-0.1, -0.05) is 30.3 Å². The molecule has 0 radical (unpaired) electrons. The number of hydrogen-bond acceptors (Lipinski definition) is 6. The number of rotatable bonds is 8. The maximum atomic E-state index is 13.3. The SMILES string of the molecule is COC(=O)N1[C@H](C)C[C@H](NCCc2ccccc2)[C@@H]1CO[C@H]1CC[C@@]2(c3ncc(F)cn3)C[C@H]2C1. The molecule has 1 aliphatic heterocycles. The molecule has 1 aromatic heterocycles. The van der Waals surface area contributed by atoms with Gasteiger partial charge in [-0.2, -0.15) is 0 Å². The van der Waals surface area contributed by atoms with E-state index in [2.05, 4.69) is 46.5 Å². The zero-order chi connectivity index (χ0) is 24.4. The third kappa shape index (κ3) is 5.05. The molecule has 1 aromatic carbocycles. The van der Waals surface area contributed by atoms with Crippen LogP contribution in [0.15, 0.2) is 42.7 Å². The molecule has 0 spiro atoms. The van der Waals surface area contributed by atoms with Gasteiger partial charge in [-0.15, -0.1) is 0 Å². The second kappa shape index (κ2) is 10.2. The van der Waals surface area contributed by atoms with Crippen molar-refractivity contribution >= 4 is 6.09 Å². The molecule has 2 heterocycles. The third-order valence-corrected chi connectivity index (χ3v) is 8.20. The van der Waals surface area contributed by atoms with Crippen LogP contribution in [0.25, 0.3) is 0 Å². The first kappa shape index (κ1) is 24.1. The van der Waals surface area contributed by atoms with Gasteiger partial charge in [0.1, 0.15) is 5.82 Å². The molecule has 2 aliphatic carbocycles. The fourth-order valence-electron chi connectivity index (χ4n) is 6.23. The number of hydrogen-bond donors (Lipinski definition) is 1. The van der Waals surface area contributed by atoms with E-state index in [-0.39, 0.29) is 35.7 Å². The number of methoxy groups -OCH3 is 1. The van der Waals surface area contributed by atoms with Crippen LogP contribution in [0.1, 0.15) is 50.4 Å². The zero-order valence-electron chi connectivity index (χ0n) is 20.5. The van der Waals surface area contributed by atoms with Crippen LogP contribution in [0.2, 0.25) is 0 Å². The Balaban J connectivity index is 1.18. The highest BCUT2D eigenvalue weighted by molar-refractivity contribution is 5.69. The second-order valence-electron chi connectivity index (χ2n) is 10.3. The number of amides is 1. The highest BCUT2D eigenvalue weighted by Gasteiger charge is 2.60. The molecule has 1 amide bonds. The molecule has 188 valence electrons. The number of likely N-dealkylation sites (tertiary alicyclic amines) is 1. The monoisotopic (exact) mass is 482 g/mol. The summed E-state index contributed by atoms with van der Waals surface area (Å²) in [6.45, 7) is 3.41. The van der Waals surface area contributed by atoms with Crippen molar-refractivity contribution in [3.05, 3.63) is 59.9 Å². The quantitative estimate of drug-likeness (QED) is 0.616. The van der Waals surface area contributed by atoms with E-state index in [1.807, 2.05) is 11.0 Å². The van der Waals surface area contributed by atoms with Crippen LogP contribution >= 0.6 is 0 Å². The molecule has 35 heavy (non-hydrogen) atoms. The minimum Gasteiger partial charge on any atom is -0.453 e. The van der Waals surface area contributed by atoms with Crippen molar-refractivity contribution in [1.29, 1.82) is 0 Å². The average molecular weight is 483 g/mol. The lowest BCUT2D eigenvalue weighted by Gasteiger charge is -2.33. The Morgan fingerprint density at radius 2 is 2.00 bits per heavy atom. The van der Waals surface area contributed by atoms with Crippen molar-refractivity contribution in [3.8, 4) is 0 Å². The molecule has 1 saturated heterocycles. The minimum absolute atomic E-state index is 0.00495. The molecule has 2 saturated carbocycles. The first-order chi connectivity index (χ1) is 17.0. The molecular formula is C27H35FN4O3. The lowest BCUT2D eigenvalue weighted by molar-refractivity contribution is -0.0112. The van der Waals surface area contributed by atoms with Gasteiger partial charge < -0.3 is 14.8 Å². The number of aromatic nitrogens is 2. The van der Waals surface area contributed by atoms with Crippen LogP contribution in [-0.2, 0) is 21.3 Å². The van der Waals surface area contributed by atoms with E-state index in [1.54, 1.807) is 0 Å². The van der Waals surface area contributed by atoms with Crippen molar-refractivity contribution in [2.24, 2.45) is 5.92 Å². The van der Waals surface area contributed by atoms with Crippen molar-refractivity contribution in [2.75, 3.05) is 20.3 Å². The third-order valence-electron chi connectivity index (χ3n) is 8.20. The molecule has 6 atom stereocenters. The van der Waals surface area contributed by atoms with Crippen LogP contribution in [0.4, 0.5) is 9.18 Å². The molecule has 5 rings (SSSR count). The number of carbonyl (C=O) groups excluding carboxylic acids is 1. The Kier molecular flexibility index (Phi) is 7.02. The van der Waals surface area contributed by atoms with Crippen molar-refractivity contribution in [3.63, 3.8) is 0 Å². The largest absolute Gasteiger partial charge is 0.453 e. The smallest absolute Gasteiger partial charge is 0.410 e. The first-order valence-electron chi connectivity index (χ1n) is 12.7. The highest BCUT2D eigenvalue weighted by atomic mass is 19.1. The fourth-order valence-corrected chi connectivity index (χ4v) is 6.23. The van der Waals surface area contributed by atoms with E-state index in [1.165, 1.54) is 25.1 Å². The molecule has 8 heteroatoms. The number of carbonyl (C=O) groups is 1. The molecule has 0 unspecified atom stereocenters. The van der Waals surface area contributed by atoms with Gasteiger partial charge in [0.05, 0.1) is 38.3 Å². The molecule has 7 nitrogen and oxygen atoms in total. The summed E-state index contributed by atoms with van der Waals surface area (Å²) in [5, 5.41) is 3.68. The van der Waals surface area contributed by atoms with Gasteiger partial charge in [0.2, 0.25) is 0 Å². The Hall–Kier alpha value is -2.58. The van der Waals surface area contributed by atoms with Crippen LogP contribution in [-0.4, -0.2) is 65.5 Å². The first-order valence-corrected chi connectivity index (χ1v) is 12.7. The van der Waals surface area contributed by atoms with Gasteiger partial charge in [-0.3, -0.25) is 4.90 Å². The number of fused-ring (bicyclic) bond motifs is 1. The van der Waals surface area contributed by atoms with Gasteiger partial charge in [0.15, 0.2) is 5.82 Å². The highest BCUT2D eigenvalue weighted by Crippen LogP contribution is 2.61. The maximum absolute atomic E-state index is 13.3. The van der Waals surface area contributed by atoms with Gasteiger partial charge in [0.25, 0.3) is 0 Å². The summed E-state index contributed by atoms with van der Waals surface area (Å²) in [4.78, 5) is 23.0. The van der Waals surface area contributed by atoms with Gasteiger partial charge >= 0.3 is 6.09 Å². The van der Waals surface area contributed by atoms with Gasteiger partial charge in [0, 0.05) is 17.5 Å². The lowest BCUT2D eigenvalue weighted by Crippen LogP contribution is -2.49. The van der Waals surface area contributed by atoms with Crippen LogP contribution in [0.3, 0.4) is 0 Å².